The van der Waals surface area contributed by atoms with E-state index in [1.165, 1.54) is 6.92 Å². The third-order valence-corrected chi connectivity index (χ3v) is 1.95. The van der Waals surface area contributed by atoms with Gasteiger partial charge in [0.05, 0.1) is 0 Å². The molecule has 2 heterocycles. The van der Waals surface area contributed by atoms with Gasteiger partial charge in [0.1, 0.15) is 18.3 Å². The first kappa shape index (κ1) is 7.76. The second-order valence-electron chi connectivity index (χ2n) is 2.96. The number of esters is 1. The molecule has 3 rings (SSSR count). The molecular formula is C8H10O4. The van der Waals surface area contributed by atoms with Crippen molar-refractivity contribution in [1.29, 1.82) is 0 Å². The number of hydrogen-bond donors (Lipinski definition) is 0. The summed E-state index contributed by atoms with van der Waals surface area (Å²) in [6.07, 6.45) is 4.03. The van der Waals surface area contributed by atoms with Crippen LogP contribution < -0.4 is 0 Å². The highest BCUT2D eigenvalue weighted by molar-refractivity contribution is 5.66. The normalized spacial score (nSPS) is 38.2. The molecule has 1 saturated heterocycles. The van der Waals surface area contributed by atoms with Crippen LogP contribution in [0.5, 0.6) is 0 Å². The molecule has 0 radical (unpaired) electrons. The van der Waals surface area contributed by atoms with Gasteiger partial charge in [-0.1, -0.05) is 12.2 Å². The fourth-order valence-electron chi connectivity index (χ4n) is 1.43. The summed E-state index contributed by atoms with van der Waals surface area (Å²) in [7, 11) is 0. The minimum atomic E-state index is -0.274. The number of fused-ring (bicyclic) bond motifs is 2. The summed E-state index contributed by atoms with van der Waals surface area (Å²) in [5, 5.41) is 0. The van der Waals surface area contributed by atoms with Gasteiger partial charge in [0, 0.05) is 13.3 Å². The molecule has 0 amide bonds. The van der Waals surface area contributed by atoms with Gasteiger partial charge in [-0.3, -0.25) is 4.79 Å². The van der Waals surface area contributed by atoms with E-state index in [0.717, 1.165) is 0 Å². The van der Waals surface area contributed by atoms with Crippen LogP contribution in [0.15, 0.2) is 12.2 Å². The van der Waals surface area contributed by atoms with Gasteiger partial charge in [-0.2, -0.15) is 0 Å². The fraction of sp³-hybridized carbons (Fsp3) is 0.625. The molecule has 4 nitrogen and oxygen atoms in total. The van der Waals surface area contributed by atoms with E-state index in [1.807, 2.05) is 12.2 Å². The van der Waals surface area contributed by atoms with Crippen LogP contribution in [0.4, 0.5) is 0 Å². The monoisotopic (exact) mass is 170 g/mol. The Morgan fingerprint density at radius 1 is 1.50 bits per heavy atom. The van der Waals surface area contributed by atoms with Gasteiger partial charge in [0.15, 0.2) is 0 Å². The van der Waals surface area contributed by atoms with Crippen molar-refractivity contribution in [2.75, 3.05) is 0 Å². The molecular weight excluding hydrogens is 160 g/mol. The fourth-order valence-corrected chi connectivity index (χ4v) is 1.43. The minimum Gasteiger partial charge on any atom is -0.459 e. The van der Waals surface area contributed by atoms with Crippen LogP contribution in [0, 0.1) is 0 Å². The first-order valence-corrected chi connectivity index (χ1v) is 3.93. The summed E-state index contributed by atoms with van der Waals surface area (Å²) in [5.74, 6) is -0.274. The zero-order valence-electron chi connectivity index (χ0n) is 6.73. The maximum Gasteiger partial charge on any atom is 0.303 e. The zero-order chi connectivity index (χ0) is 8.55. The molecule has 3 atom stereocenters. The van der Waals surface area contributed by atoms with Crippen molar-refractivity contribution < 1.29 is 19.3 Å². The number of hydrogen-bond acceptors (Lipinski definition) is 4. The summed E-state index contributed by atoms with van der Waals surface area (Å²) in [5.41, 5.74) is 0. The molecule has 0 aromatic heterocycles. The lowest BCUT2D eigenvalue weighted by Crippen LogP contribution is -2.44. The molecule has 0 aromatic rings. The Hall–Kier alpha value is -0.870. The van der Waals surface area contributed by atoms with Crippen LogP contribution >= 0.6 is 0 Å². The van der Waals surface area contributed by atoms with Crippen molar-refractivity contribution in [2.45, 2.75) is 31.7 Å². The van der Waals surface area contributed by atoms with Crippen LogP contribution in [0.1, 0.15) is 13.3 Å². The molecule has 3 aliphatic rings. The second kappa shape index (κ2) is 2.88. The zero-order valence-corrected chi connectivity index (χ0v) is 6.73. The summed E-state index contributed by atoms with van der Waals surface area (Å²) in [4.78, 5) is 20.5. The van der Waals surface area contributed by atoms with Crippen LogP contribution in [0.2, 0.25) is 0 Å². The van der Waals surface area contributed by atoms with Gasteiger partial charge >= 0.3 is 5.97 Å². The molecule has 2 bridgehead atoms. The second-order valence-corrected chi connectivity index (χ2v) is 2.96. The Bertz CT molecular complexity index is 223. The molecule has 0 unspecified atom stereocenters. The Kier molecular flexibility index (Phi) is 1.86. The van der Waals surface area contributed by atoms with Crippen molar-refractivity contribution in [3.8, 4) is 0 Å². The molecule has 2 aliphatic heterocycles. The highest BCUT2D eigenvalue weighted by atomic mass is 17.2. The van der Waals surface area contributed by atoms with Gasteiger partial charge in [-0.25, -0.2) is 9.78 Å². The minimum absolute atomic E-state index is 0.0562. The van der Waals surface area contributed by atoms with E-state index in [2.05, 4.69) is 0 Å². The molecule has 0 saturated carbocycles. The summed E-state index contributed by atoms with van der Waals surface area (Å²) in [6.45, 7) is 1.40. The summed E-state index contributed by atoms with van der Waals surface area (Å²) >= 11 is 0. The van der Waals surface area contributed by atoms with Gasteiger partial charge in [-0.05, 0) is 0 Å². The van der Waals surface area contributed by atoms with Crippen molar-refractivity contribution in [2.24, 2.45) is 0 Å². The van der Waals surface area contributed by atoms with Crippen LogP contribution in [-0.4, -0.2) is 24.3 Å². The molecule has 12 heavy (non-hydrogen) atoms. The molecule has 4 heteroatoms. The third-order valence-electron chi connectivity index (χ3n) is 1.95. The van der Waals surface area contributed by atoms with E-state index in [4.69, 9.17) is 14.5 Å². The smallest absolute Gasteiger partial charge is 0.303 e. The van der Waals surface area contributed by atoms with E-state index < -0.39 is 0 Å². The number of ether oxygens (including phenoxy) is 1. The van der Waals surface area contributed by atoms with Gasteiger partial charge in [0.2, 0.25) is 0 Å². The average Bonchev–Trinajstić information content (AvgIpc) is 2.05. The summed E-state index contributed by atoms with van der Waals surface area (Å²) < 4.78 is 5.03. The van der Waals surface area contributed by atoms with E-state index >= 15 is 0 Å². The standard InChI is InChI=1S/C8H10O4/c1-5(9)10-8-4-6-2-3-7(8)12-11-6/h2-3,6-8H,4H2,1H3/t6-,7+,8+/m1/s1. The van der Waals surface area contributed by atoms with Gasteiger partial charge in [-0.15, -0.1) is 0 Å². The first-order valence-electron chi connectivity index (χ1n) is 3.93. The Morgan fingerprint density at radius 2 is 2.33 bits per heavy atom. The SMILES string of the molecule is CC(=O)O[C@H]1C[C@H]2C=C[C@@H]1OO2. The van der Waals surface area contributed by atoms with Crippen LogP contribution in [-0.2, 0) is 19.3 Å². The van der Waals surface area contributed by atoms with E-state index in [-0.39, 0.29) is 24.3 Å². The number of rotatable bonds is 1. The third kappa shape index (κ3) is 1.35. The Labute approximate surface area is 70.0 Å². The topological polar surface area (TPSA) is 44.8 Å². The Balaban J connectivity index is 2.01. The predicted octanol–water partition coefficient (Wildman–Crippen LogP) is 0.577. The quantitative estimate of drug-likeness (QED) is 0.328. The molecule has 0 spiro atoms. The maximum atomic E-state index is 10.6. The lowest BCUT2D eigenvalue weighted by Gasteiger charge is -2.35. The Morgan fingerprint density at radius 3 is 2.75 bits per heavy atom. The lowest BCUT2D eigenvalue weighted by molar-refractivity contribution is -0.379. The van der Waals surface area contributed by atoms with Gasteiger partial charge in [0.25, 0.3) is 0 Å². The van der Waals surface area contributed by atoms with Crippen LogP contribution in [0.3, 0.4) is 0 Å². The van der Waals surface area contributed by atoms with Crippen LogP contribution in [0.25, 0.3) is 0 Å². The van der Waals surface area contributed by atoms with E-state index in [0.29, 0.717) is 6.42 Å². The highest BCUT2D eigenvalue weighted by Gasteiger charge is 2.36. The van der Waals surface area contributed by atoms with E-state index in [9.17, 15) is 4.79 Å². The first-order chi connectivity index (χ1) is 5.75. The number of carbonyl (C=O) groups is 1. The highest BCUT2D eigenvalue weighted by Crippen LogP contribution is 2.27. The van der Waals surface area contributed by atoms with Crippen molar-refractivity contribution >= 4 is 5.97 Å². The lowest BCUT2D eigenvalue weighted by atomic mass is 9.98. The van der Waals surface area contributed by atoms with E-state index in [1.54, 1.807) is 0 Å². The summed E-state index contributed by atoms with van der Waals surface area (Å²) in [6, 6.07) is 0. The average molecular weight is 170 g/mol. The van der Waals surface area contributed by atoms with Crippen molar-refractivity contribution in [1.82, 2.24) is 0 Å². The van der Waals surface area contributed by atoms with Crippen molar-refractivity contribution in [3.63, 3.8) is 0 Å². The van der Waals surface area contributed by atoms with Gasteiger partial charge < -0.3 is 4.74 Å². The molecule has 1 fully saturated rings. The predicted molar refractivity (Wildman–Crippen MR) is 39.1 cm³/mol. The maximum absolute atomic E-state index is 10.6. The molecule has 0 aromatic carbocycles. The molecule has 1 aliphatic carbocycles. The number of carbonyl (C=O) groups excluding carboxylic acids is 1. The van der Waals surface area contributed by atoms with Crippen molar-refractivity contribution in [3.05, 3.63) is 12.2 Å². The largest absolute Gasteiger partial charge is 0.459 e. The molecule has 66 valence electrons. The molecule has 0 N–H and O–H groups in total.